The lowest BCUT2D eigenvalue weighted by Gasteiger charge is -2.35. The number of likely N-dealkylation sites (tertiary alicyclic amines) is 1. The van der Waals surface area contributed by atoms with Crippen molar-refractivity contribution >= 4 is 17.5 Å². The van der Waals surface area contributed by atoms with Gasteiger partial charge in [0.15, 0.2) is 0 Å². The van der Waals surface area contributed by atoms with Crippen molar-refractivity contribution < 1.29 is 4.79 Å². The monoisotopic (exact) mass is 217 g/mol. The molecule has 1 heterocycles. The zero-order chi connectivity index (χ0) is 10.7. The Morgan fingerprint density at radius 3 is 2.79 bits per heavy atom. The molecule has 1 aliphatic heterocycles. The van der Waals surface area contributed by atoms with E-state index in [-0.39, 0.29) is 17.2 Å². The lowest BCUT2D eigenvalue weighted by Crippen LogP contribution is -2.45. The van der Waals surface area contributed by atoms with E-state index in [1.165, 1.54) is 0 Å². The number of hydrogen-bond acceptors (Lipinski definition) is 1. The summed E-state index contributed by atoms with van der Waals surface area (Å²) < 4.78 is 0. The van der Waals surface area contributed by atoms with Crippen molar-refractivity contribution in [2.75, 3.05) is 13.1 Å². The number of carbonyl (C=O) groups excluding carboxylic acids is 1. The Kier molecular flexibility index (Phi) is 4.24. The summed E-state index contributed by atoms with van der Waals surface area (Å²) in [5.41, 5.74) is 0. The first-order chi connectivity index (χ1) is 6.56. The second-order valence-corrected chi connectivity index (χ2v) is 4.94. The van der Waals surface area contributed by atoms with Crippen LogP contribution in [-0.2, 0) is 4.79 Å². The molecule has 0 N–H and O–H groups in total. The molecule has 0 aromatic heterocycles. The molecule has 1 rings (SSSR count). The molecule has 1 fully saturated rings. The molecule has 0 aliphatic carbocycles. The van der Waals surface area contributed by atoms with Gasteiger partial charge in [0.1, 0.15) is 0 Å². The van der Waals surface area contributed by atoms with E-state index in [2.05, 4.69) is 6.92 Å². The fraction of sp³-hybridized carbons (Fsp3) is 0.909. The Hall–Kier alpha value is -0.240. The van der Waals surface area contributed by atoms with Gasteiger partial charge in [-0.25, -0.2) is 0 Å². The van der Waals surface area contributed by atoms with Gasteiger partial charge in [0.2, 0.25) is 5.91 Å². The molecule has 1 amide bonds. The van der Waals surface area contributed by atoms with E-state index in [0.717, 1.165) is 25.9 Å². The van der Waals surface area contributed by atoms with Crippen LogP contribution < -0.4 is 0 Å². The Labute approximate surface area is 91.6 Å². The van der Waals surface area contributed by atoms with Crippen molar-refractivity contribution in [3.63, 3.8) is 0 Å². The minimum Gasteiger partial charge on any atom is -0.341 e. The predicted octanol–water partition coefficient (Wildman–Crippen LogP) is 2.51. The van der Waals surface area contributed by atoms with Crippen LogP contribution in [0.15, 0.2) is 0 Å². The van der Waals surface area contributed by atoms with Crippen molar-refractivity contribution in [3.05, 3.63) is 0 Å². The van der Waals surface area contributed by atoms with Crippen LogP contribution in [0.3, 0.4) is 0 Å². The maximum Gasteiger partial charge on any atom is 0.225 e. The van der Waals surface area contributed by atoms with Crippen molar-refractivity contribution in [1.82, 2.24) is 4.90 Å². The second-order valence-electron chi connectivity index (χ2n) is 4.38. The standard InChI is InChI=1S/C11H20ClNO/c1-4-8(2)11(14)13-6-5-9(3)10(12)7-13/h8-10H,4-7H2,1-3H3. The first-order valence-electron chi connectivity index (χ1n) is 5.49. The van der Waals surface area contributed by atoms with Gasteiger partial charge in [-0.3, -0.25) is 4.79 Å². The fourth-order valence-corrected chi connectivity index (χ4v) is 2.00. The molecule has 3 heteroatoms. The van der Waals surface area contributed by atoms with E-state index in [4.69, 9.17) is 11.6 Å². The summed E-state index contributed by atoms with van der Waals surface area (Å²) in [6, 6.07) is 0. The largest absolute Gasteiger partial charge is 0.341 e. The summed E-state index contributed by atoms with van der Waals surface area (Å²) in [6.07, 6.45) is 1.95. The smallest absolute Gasteiger partial charge is 0.225 e. The van der Waals surface area contributed by atoms with Gasteiger partial charge in [-0.05, 0) is 18.8 Å². The van der Waals surface area contributed by atoms with Crippen LogP contribution in [0, 0.1) is 11.8 Å². The Morgan fingerprint density at radius 2 is 2.29 bits per heavy atom. The summed E-state index contributed by atoms with van der Waals surface area (Å²) in [7, 11) is 0. The highest BCUT2D eigenvalue weighted by Crippen LogP contribution is 2.23. The summed E-state index contributed by atoms with van der Waals surface area (Å²) in [6.45, 7) is 7.80. The van der Waals surface area contributed by atoms with Crippen molar-refractivity contribution in [1.29, 1.82) is 0 Å². The Bertz CT molecular complexity index is 207. The van der Waals surface area contributed by atoms with E-state index < -0.39 is 0 Å². The third-order valence-electron chi connectivity index (χ3n) is 3.21. The molecule has 82 valence electrons. The molecular formula is C11H20ClNO. The van der Waals surface area contributed by atoms with Gasteiger partial charge >= 0.3 is 0 Å². The second kappa shape index (κ2) is 5.01. The maximum atomic E-state index is 11.8. The molecule has 0 saturated carbocycles. The van der Waals surface area contributed by atoms with Crippen LogP contribution in [-0.4, -0.2) is 29.3 Å². The highest BCUT2D eigenvalue weighted by molar-refractivity contribution is 6.21. The normalized spacial score (nSPS) is 30.1. The fourth-order valence-electron chi connectivity index (χ4n) is 1.71. The maximum absolute atomic E-state index is 11.8. The van der Waals surface area contributed by atoms with Gasteiger partial charge in [-0.2, -0.15) is 0 Å². The van der Waals surface area contributed by atoms with Crippen LogP contribution in [0.4, 0.5) is 0 Å². The quantitative estimate of drug-likeness (QED) is 0.651. The van der Waals surface area contributed by atoms with E-state index in [1.54, 1.807) is 0 Å². The van der Waals surface area contributed by atoms with Crippen LogP contribution in [0.1, 0.15) is 33.6 Å². The summed E-state index contributed by atoms with van der Waals surface area (Å²) in [4.78, 5) is 13.8. The number of rotatable bonds is 2. The minimum absolute atomic E-state index is 0.136. The molecule has 0 aromatic rings. The summed E-state index contributed by atoms with van der Waals surface area (Å²) in [5, 5.41) is 0.136. The number of hydrogen-bond donors (Lipinski definition) is 0. The van der Waals surface area contributed by atoms with Crippen molar-refractivity contribution in [2.45, 2.75) is 39.0 Å². The molecule has 0 bridgehead atoms. The molecule has 0 radical (unpaired) electrons. The zero-order valence-electron chi connectivity index (χ0n) is 9.29. The van der Waals surface area contributed by atoms with Gasteiger partial charge in [0.05, 0.1) is 5.38 Å². The van der Waals surface area contributed by atoms with E-state index in [9.17, 15) is 4.79 Å². The summed E-state index contributed by atoms with van der Waals surface area (Å²) in [5.74, 6) is 0.954. The number of halogens is 1. The molecule has 3 unspecified atom stereocenters. The van der Waals surface area contributed by atoms with Crippen molar-refractivity contribution in [2.24, 2.45) is 11.8 Å². The highest BCUT2D eigenvalue weighted by Gasteiger charge is 2.28. The first kappa shape index (κ1) is 11.8. The highest BCUT2D eigenvalue weighted by atomic mass is 35.5. The molecule has 3 atom stereocenters. The average Bonchev–Trinajstić information content (AvgIpc) is 2.20. The lowest BCUT2D eigenvalue weighted by molar-refractivity contribution is -0.136. The van der Waals surface area contributed by atoms with Gasteiger partial charge in [-0.1, -0.05) is 20.8 Å². The molecule has 14 heavy (non-hydrogen) atoms. The van der Waals surface area contributed by atoms with E-state index in [0.29, 0.717) is 5.92 Å². The number of alkyl halides is 1. The number of piperidine rings is 1. The van der Waals surface area contributed by atoms with E-state index in [1.807, 2.05) is 18.7 Å². The molecule has 2 nitrogen and oxygen atoms in total. The molecular weight excluding hydrogens is 198 g/mol. The van der Waals surface area contributed by atoms with Crippen LogP contribution >= 0.6 is 11.6 Å². The first-order valence-corrected chi connectivity index (χ1v) is 5.92. The number of carbonyl (C=O) groups is 1. The Morgan fingerprint density at radius 1 is 1.64 bits per heavy atom. The van der Waals surface area contributed by atoms with Gasteiger partial charge < -0.3 is 4.90 Å². The number of nitrogens with zero attached hydrogens (tertiary/aromatic N) is 1. The molecule has 0 aromatic carbocycles. The SMILES string of the molecule is CCC(C)C(=O)N1CCC(C)C(Cl)C1. The van der Waals surface area contributed by atoms with Crippen LogP contribution in [0.2, 0.25) is 0 Å². The van der Waals surface area contributed by atoms with Gasteiger partial charge in [0.25, 0.3) is 0 Å². The van der Waals surface area contributed by atoms with E-state index >= 15 is 0 Å². The number of amides is 1. The topological polar surface area (TPSA) is 20.3 Å². The summed E-state index contributed by atoms with van der Waals surface area (Å²) >= 11 is 6.16. The minimum atomic E-state index is 0.136. The molecule has 1 aliphatic rings. The van der Waals surface area contributed by atoms with Gasteiger partial charge in [0, 0.05) is 19.0 Å². The third kappa shape index (κ3) is 2.63. The molecule has 0 spiro atoms. The lowest BCUT2D eigenvalue weighted by atomic mass is 9.97. The van der Waals surface area contributed by atoms with Crippen molar-refractivity contribution in [3.8, 4) is 0 Å². The average molecular weight is 218 g/mol. The van der Waals surface area contributed by atoms with Crippen LogP contribution in [0.25, 0.3) is 0 Å². The predicted molar refractivity (Wildman–Crippen MR) is 59.5 cm³/mol. The zero-order valence-corrected chi connectivity index (χ0v) is 10.0. The molecule has 1 saturated heterocycles. The van der Waals surface area contributed by atoms with Gasteiger partial charge in [-0.15, -0.1) is 11.6 Å². The van der Waals surface area contributed by atoms with Crippen LogP contribution in [0.5, 0.6) is 0 Å². The third-order valence-corrected chi connectivity index (χ3v) is 3.78. The Balaban J connectivity index is 2.50.